The second kappa shape index (κ2) is 6.17. The van der Waals surface area contributed by atoms with E-state index in [-0.39, 0.29) is 11.4 Å². The minimum Gasteiger partial charge on any atom is -0.345 e. The van der Waals surface area contributed by atoms with Crippen molar-refractivity contribution in [2.75, 3.05) is 13.6 Å². The number of hydrogen-bond acceptors (Lipinski definition) is 3. The van der Waals surface area contributed by atoms with Crippen molar-refractivity contribution in [1.82, 2.24) is 4.90 Å². The van der Waals surface area contributed by atoms with Crippen molar-refractivity contribution in [3.63, 3.8) is 0 Å². The highest BCUT2D eigenvalue weighted by atomic mass is 32.1. The molecule has 96 valence electrons. The SMILES string of the molecule is CN(CCc1cccs1)C(=O)CCC(C)(C)N. The first-order chi connectivity index (χ1) is 7.88. The lowest BCUT2D eigenvalue weighted by Crippen LogP contribution is -2.35. The van der Waals surface area contributed by atoms with Crippen LogP contribution in [0, 0.1) is 0 Å². The summed E-state index contributed by atoms with van der Waals surface area (Å²) in [5.74, 6) is 0.181. The highest BCUT2D eigenvalue weighted by Gasteiger charge is 2.15. The van der Waals surface area contributed by atoms with E-state index < -0.39 is 0 Å². The van der Waals surface area contributed by atoms with Gasteiger partial charge in [-0.15, -0.1) is 11.3 Å². The molecule has 0 bridgehead atoms. The van der Waals surface area contributed by atoms with Crippen LogP contribution in [-0.2, 0) is 11.2 Å². The quantitative estimate of drug-likeness (QED) is 0.846. The van der Waals surface area contributed by atoms with Crippen molar-refractivity contribution in [2.24, 2.45) is 5.73 Å². The number of nitrogens with two attached hydrogens (primary N) is 1. The molecule has 0 fully saturated rings. The number of carbonyl (C=O) groups excluding carboxylic acids is 1. The van der Waals surface area contributed by atoms with Crippen LogP contribution in [0.1, 0.15) is 31.6 Å². The van der Waals surface area contributed by atoms with E-state index in [1.807, 2.05) is 27.0 Å². The van der Waals surface area contributed by atoms with Gasteiger partial charge >= 0.3 is 0 Å². The first-order valence-corrected chi connectivity index (χ1v) is 6.82. The summed E-state index contributed by atoms with van der Waals surface area (Å²) in [4.78, 5) is 14.9. The second-order valence-corrected chi connectivity index (χ2v) is 6.17. The maximum atomic E-state index is 11.8. The molecule has 3 nitrogen and oxygen atoms in total. The molecule has 1 amide bonds. The fourth-order valence-electron chi connectivity index (χ4n) is 1.48. The van der Waals surface area contributed by atoms with Crippen LogP contribution in [0.2, 0.25) is 0 Å². The van der Waals surface area contributed by atoms with Crippen molar-refractivity contribution < 1.29 is 4.79 Å². The lowest BCUT2D eigenvalue weighted by molar-refractivity contribution is -0.130. The molecule has 2 N–H and O–H groups in total. The van der Waals surface area contributed by atoms with E-state index in [0.29, 0.717) is 6.42 Å². The number of rotatable bonds is 6. The van der Waals surface area contributed by atoms with Crippen LogP contribution in [-0.4, -0.2) is 29.9 Å². The molecule has 0 spiro atoms. The van der Waals surface area contributed by atoms with Gasteiger partial charge in [-0.05, 0) is 38.1 Å². The summed E-state index contributed by atoms with van der Waals surface area (Å²) in [6, 6.07) is 4.14. The van der Waals surface area contributed by atoms with Crippen LogP contribution >= 0.6 is 11.3 Å². The monoisotopic (exact) mass is 254 g/mol. The Morgan fingerprint density at radius 2 is 2.24 bits per heavy atom. The largest absolute Gasteiger partial charge is 0.345 e. The van der Waals surface area contributed by atoms with E-state index >= 15 is 0 Å². The molecule has 0 aliphatic carbocycles. The fourth-order valence-corrected chi connectivity index (χ4v) is 2.18. The van der Waals surface area contributed by atoms with Gasteiger partial charge in [-0.2, -0.15) is 0 Å². The Bertz CT molecular complexity index is 341. The zero-order valence-electron chi connectivity index (χ0n) is 10.9. The average Bonchev–Trinajstić information content (AvgIpc) is 2.74. The summed E-state index contributed by atoms with van der Waals surface area (Å²) in [7, 11) is 1.86. The number of amides is 1. The predicted molar refractivity (Wildman–Crippen MR) is 73.2 cm³/mol. The molecule has 0 saturated heterocycles. The molecule has 17 heavy (non-hydrogen) atoms. The van der Waals surface area contributed by atoms with Gasteiger partial charge in [0.25, 0.3) is 0 Å². The summed E-state index contributed by atoms with van der Waals surface area (Å²) in [6.07, 6.45) is 2.20. The standard InChI is InChI=1S/C13H22N2OS/c1-13(2,14)8-6-12(16)15(3)9-7-11-5-4-10-17-11/h4-5,10H,6-9,14H2,1-3H3. The first kappa shape index (κ1) is 14.2. The Labute approximate surface area is 108 Å². The van der Waals surface area contributed by atoms with E-state index in [9.17, 15) is 4.79 Å². The molecule has 0 unspecified atom stereocenters. The number of nitrogens with zero attached hydrogens (tertiary/aromatic N) is 1. The molecule has 0 atom stereocenters. The van der Waals surface area contributed by atoms with E-state index in [1.165, 1.54) is 4.88 Å². The van der Waals surface area contributed by atoms with Gasteiger partial charge in [-0.3, -0.25) is 4.79 Å². The molecule has 1 aromatic heterocycles. The number of likely N-dealkylation sites (N-methyl/N-ethyl adjacent to an activating group) is 1. The summed E-state index contributed by atoms with van der Waals surface area (Å²) in [5.41, 5.74) is 5.61. The number of carbonyl (C=O) groups is 1. The van der Waals surface area contributed by atoms with Crippen molar-refractivity contribution in [3.05, 3.63) is 22.4 Å². The maximum Gasteiger partial charge on any atom is 0.222 e. The van der Waals surface area contributed by atoms with Gasteiger partial charge in [-0.1, -0.05) is 6.07 Å². The van der Waals surface area contributed by atoms with Crippen LogP contribution in [0.4, 0.5) is 0 Å². The highest BCUT2D eigenvalue weighted by molar-refractivity contribution is 7.09. The zero-order valence-corrected chi connectivity index (χ0v) is 11.7. The van der Waals surface area contributed by atoms with Crippen molar-refractivity contribution in [2.45, 2.75) is 38.6 Å². The van der Waals surface area contributed by atoms with Crippen LogP contribution < -0.4 is 5.73 Å². The minimum absolute atomic E-state index is 0.181. The van der Waals surface area contributed by atoms with Gasteiger partial charge < -0.3 is 10.6 Å². The second-order valence-electron chi connectivity index (χ2n) is 5.13. The van der Waals surface area contributed by atoms with E-state index in [0.717, 1.165) is 19.4 Å². The summed E-state index contributed by atoms with van der Waals surface area (Å²) >= 11 is 1.74. The molecule has 0 aromatic carbocycles. The Morgan fingerprint density at radius 1 is 1.53 bits per heavy atom. The lowest BCUT2D eigenvalue weighted by atomic mass is 10.00. The number of hydrogen-bond donors (Lipinski definition) is 1. The van der Waals surface area contributed by atoms with Crippen LogP contribution in [0.15, 0.2) is 17.5 Å². The molecule has 0 aliphatic heterocycles. The third kappa shape index (κ3) is 5.84. The van der Waals surface area contributed by atoms with Crippen molar-refractivity contribution in [3.8, 4) is 0 Å². The Balaban J connectivity index is 2.27. The highest BCUT2D eigenvalue weighted by Crippen LogP contribution is 2.11. The summed E-state index contributed by atoms with van der Waals surface area (Å²) in [5, 5.41) is 2.06. The van der Waals surface area contributed by atoms with Crippen molar-refractivity contribution in [1.29, 1.82) is 0 Å². The first-order valence-electron chi connectivity index (χ1n) is 5.94. The molecule has 0 radical (unpaired) electrons. The summed E-state index contributed by atoms with van der Waals surface area (Å²) < 4.78 is 0. The zero-order chi connectivity index (χ0) is 12.9. The normalized spacial score (nSPS) is 11.5. The van der Waals surface area contributed by atoms with Crippen molar-refractivity contribution >= 4 is 17.2 Å². The van der Waals surface area contributed by atoms with Gasteiger partial charge in [0, 0.05) is 30.4 Å². The van der Waals surface area contributed by atoms with Gasteiger partial charge in [0.2, 0.25) is 5.91 Å². The van der Waals surface area contributed by atoms with E-state index in [4.69, 9.17) is 5.73 Å². The third-order valence-corrected chi connectivity index (χ3v) is 3.62. The van der Waals surface area contributed by atoms with Crippen LogP contribution in [0.25, 0.3) is 0 Å². The van der Waals surface area contributed by atoms with E-state index in [2.05, 4.69) is 11.4 Å². The van der Waals surface area contributed by atoms with E-state index in [1.54, 1.807) is 16.2 Å². The molecular formula is C13H22N2OS. The molecule has 1 heterocycles. The smallest absolute Gasteiger partial charge is 0.222 e. The Morgan fingerprint density at radius 3 is 2.76 bits per heavy atom. The number of thiophene rings is 1. The predicted octanol–water partition coefficient (Wildman–Crippen LogP) is 2.27. The average molecular weight is 254 g/mol. The molecule has 0 aliphatic rings. The molecule has 4 heteroatoms. The van der Waals surface area contributed by atoms with Gasteiger partial charge in [0.15, 0.2) is 0 Å². The maximum absolute atomic E-state index is 11.8. The lowest BCUT2D eigenvalue weighted by Gasteiger charge is -2.21. The molecule has 1 aromatic rings. The van der Waals surface area contributed by atoms with Gasteiger partial charge in [-0.25, -0.2) is 0 Å². The third-order valence-electron chi connectivity index (χ3n) is 2.68. The minimum atomic E-state index is -0.260. The Kier molecular flexibility index (Phi) is 5.15. The van der Waals surface area contributed by atoms with Crippen LogP contribution in [0.3, 0.4) is 0 Å². The fraction of sp³-hybridized carbons (Fsp3) is 0.615. The summed E-state index contributed by atoms with van der Waals surface area (Å²) in [6.45, 7) is 4.68. The molecule has 1 rings (SSSR count). The topological polar surface area (TPSA) is 46.3 Å². The van der Waals surface area contributed by atoms with Gasteiger partial charge in [0.05, 0.1) is 0 Å². The Hall–Kier alpha value is -0.870. The van der Waals surface area contributed by atoms with Crippen LogP contribution in [0.5, 0.6) is 0 Å². The van der Waals surface area contributed by atoms with Gasteiger partial charge in [0.1, 0.15) is 0 Å². The molecule has 0 saturated carbocycles. The molecular weight excluding hydrogens is 232 g/mol.